The van der Waals surface area contributed by atoms with Gasteiger partial charge in [-0.25, -0.2) is 0 Å². The van der Waals surface area contributed by atoms with Gasteiger partial charge in [0.25, 0.3) is 0 Å². The van der Waals surface area contributed by atoms with E-state index in [2.05, 4.69) is 26.0 Å². The molecule has 2 rings (SSSR count). The minimum Gasteiger partial charge on any atom is -0.496 e. The molecule has 1 unspecified atom stereocenters. The monoisotopic (exact) mass is 318 g/mol. The molecule has 23 heavy (non-hydrogen) atoms. The molecule has 128 valence electrons. The van der Waals surface area contributed by atoms with E-state index in [1.165, 1.54) is 5.56 Å². The highest BCUT2D eigenvalue weighted by molar-refractivity contribution is 5.77. The highest BCUT2D eigenvalue weighted by Gasteiger charge is 2.24. The lowest BCUT2D eigenvalue weighted by Crippen LogP contribution is -2.39. The number of nitrogens with two attached hydrogens (primary N) is 1. The molecule has 1 aliphatic heterocycles. The average molecular weight is 318 g/mol. The van der Waals surface area contributed by atoms with Gasteiger partial charge in [0.1, 0.15) is 5.75 Å². The summed E-state index contributed by atoms with van der Waals surface area (Å²) >= 11 is 0. The zero-order valence-corrected chi connectivity index (χ0v) is 14.7. The van der Waals surface area contributed by atoms with Crippen LogP contribution < -0.4 is 10.5 Å². The Balaban J connectivity index is 2.11. The second-order valence-corrected chi connectivity index (χ2v) is 6.63. The first-order chi connectivity index (χ1) is 11.1. The highest BCUT2D eigenvalue weighted by Crippen LogP contribution is 2.30. The number of piperidine rings is 1. The standard InChI is InChI=1S/C19H30N2O2/c1-4-15-5-6-18(23-3)17(11-15)16(13-20)12-19(22)21-9-7-14(2)8-10-21/h5-6,11,14,16H,4,7-10,12-13,20H2,1-3H3. The molecule has 1 atom stereocenters. The van der Waals surface area contributed by atoms with Gasteiger partial charge in [-0.2, -0.15) is 0 Å². The van der Waals surface area contributed by atoms with E-state index in [4.69, 9.17) is 10.5 Å². The largest absolute Gasteiger partial charge is 0.496 e. The number of carbonyl (C=O) groups is 1. The molecule has 0 radical (unpaired) electrons. The van der Waals surface area contributed by atoms with Gasteiger partial charge in [-0.1, -0.05) is 26.0 Å². The van der Waals surface area contributed by atoms with Crippen LogP contribution in [0.15, 0.2) is 18.2 Å². The summed E-state index contributed by atoms with van der Waals surface area (Å²) in [6.45, 7) is 6.60. The number of rotatable bonds is 6. The number of likely N-dealkylation sites (tertiary alicyclic amines) is 1. The average Bonchev–Trinajstić information content (AvgIpc) is 2.59. The molecule has 0 aromatic heterocycles. The van der Waals surface area contributed by atoms with Crippen molar-refractivity contribution in [3.8, 4) is 5.75 Å². The summed E-state index contributed by atoms with van der Waals surface area (Å²) in [5.41, 5.74) is 8.31. The third-order valence-corrected chi connectivity index (χ3v) is 4.98. The second kappa shape index (κ2) is 8.34. The highest BCUT2D eigenvalue weighted by atomic mass is 16.5. The molecule has 1 aromatic rings. The molecule has 0 spiro atoms. The number of benzene rings is 1. The topological polar surface area (TPSA) is 55.6 Å². The molecule has 4 heteroatoms. The van der Waals surface area contributed by atoms with Crippen molar-refractivity contribution >= 4 is 5.91 Å². The maximum atomic E-state index is 12.6. The molecule has 1 heterocycles. The van der Waals surface area contributed by atoms with Crippen LogP contribution in [0.4, 0.5) is 0 Å². The quantitative estimate of drug-likeness (QED) is 0.877. The lowest BCUT2D eigenvalue weighted by Gasteiger charge is -2.31. The minimum absolute atomic E-state index is 0.0169. The number of aryl methyl sites for hydroxylation is 1. The van der Waals surface area contributed by atoms with Crippen LogP contribution in [0.25, 0.3) is 0 Å². The summed E-state index contributed by atoms with van der Waals surface area (Å²) in [5, 5.41) is 0. The van der Waals surface area contributed by atoms with Gasteiger partial charge in [0, 0.05) is 25.4 Å². The van der Waals surface area contributed by atoms with Crippen molar-refractivity contribution in [2.75, 3.05) is 26.7 Å². The Morgan fingerprint density at radius 1 is 1.39 bits per heavy atom. The Morgan fingerprint density at radius 2 is 2.09 bits per heavy atom. The van der Waals surface area contributed by atoms with Crippen molar-refractivity contribution in [1.82, 2.24) is 4.90 Å². The normalized spacial score (nSPS) is 17.1. The van der Waals surface area contributed by atoms with Gasteiger partial charge in [-0.3, -0.25) is 4.79 Å². The SMILES string of the molecule is CCc1ccc(OC)c(C(CN)CC(=O)N2CCC(C)CC2)c1. The fourth-order valence-corrected chi connectivity index (χ4v) is 3.24. The zero-order valence-electron chi connectivity index (χ0n) is 14.7. The van der Waals surface area contributed by atoms with Crippen molar-refractivity contribution in [3.05, 3.63) is 29.3 Å². The number of methoxy groups -OCH3 is 1. The van der Waals surface area contributed by atoms with E-state index in [0.29, 0.717) is 13.0 Å². The summed E-state index contributed by atoms with van der Waals surface area (Å²) in [4.78, 5) is 14.6. The van der Waals surface area contributed by atoms with Crippen molar-refractivity contribution in [3.63, 3.8) is 0 Å². The predicted molar refractivity (Wildman–Crippen MR) is 93.8 cm³/mol. The fraction of sp³-hybridized carbons (Fsp3) is 0.632. The lowest BCUT2D eigenvalue weighted by molar-refractivity contribution is -0.132. The summed E-state index contributed by atoms with van der Waals surface area (Å²) < 4.78 is 5.49. The Hall–Kier alpha value is -1.55. The van der Waals surface area contributed by atoms with Crippen molar-refractivity contribution in [2.45, 2.75) is 45.4 Å². The van der Waals surface area contributed by atoms with Crippen LogP contribution in [-0.2, 0) is 11.2 Å². The smallest absolute Gasteiger partial charge is 0.223 e. The van der Waals surface area contributed by atoms with Crippen molar-refractivity contribution in [1.29, 1.82) is 0 Å². The molecule has 1 aliphatic rings. The first-order valence-corrected chi connectivity index (χ1v) is 8.73. The molecule has 1 fully saturated rings. The Kier molecular flexibility index (Phi) is 6.46. The number of ether oxygens (including phenoxy) is 1. The van der Waals surface area contributed by atoms with Crippen LogP contribution in [0.3, 0.4) is 0 Å². The maximum Gasteiger partial charge on any atom is 0.223 e. The minimum atomic E-state index is 0.0169. The van der Waals surface area contributed by atoms with Crippen LogP contribution in [0.5, 0.6) is 5.75 Å². The molecule has 0 saturated carbocycles. The van der Waals surface area contributed by atoms with Gasteiger partial charge >= 0.3 is 0 Å². The Labute approximate surface area is 140 Å². The number of carbonyl (C=O) groups excluding carboxylic acids is 1. The number of nitrogens with zero attached hydrogens (tertiary/aromatic N) is 1. The van der Waals surface area contributed by atoms with Gasteiger partial charge in [-0.05, 0) is 48.9 Å². The van der Waals surface area contributed by atoms with Gasteiger partial charge in [0.2, 0.25) is 5.91 Å². The third-order valence-electron chi connectivity index (χ3n) is 4.98. The number of hydrogen-bond acceptors (Lipinski definition) is 3. The molecule has 1 aromatic carbocycles. The van der Waals surface area contributed by atoms with Crippen LogP contribution in [0.1, 0.15) is 50.2 Å². The maximum absolute atomic E-state index is 12.6. The van der Waals surface area contributed by atoms with E-state index in [-0.39, 0.29) is 11.8 Å². The molecule has 2 N–H and O–H groups in total. The first kappa shape index (κ1) is 17.8. The van der Waals surface area contributed by atoms with E-state index < -0.39 is 0 Å². The van der Waals surface area contributed by atoms with Gasteiger partial charge in [0.15, 0.2) is 0 Å². The Bertz CT molecular complexity index is 522. The van der Waals surface area contributed by atoms with Crippen molar-refractivity contribution in [2.24, 2.45) is 11.7 Å². The zero-order chi connectivity index (χ0) is 16.8. The van der Waals surface area contributed by atoms with Gasteiger partial charge < -0.3 is 15.4 Å². The summed E-state index contributed by atoms with van der Waals surface area (Å²) in [6.07, 6.45) is 3.64. The van der Waals surface area contributed by atoms with Crippen LogP contribution >= 0.6 is 0 Å². The van der Waals surface area contributed by atoms with Crippen LogP contribution in [-0.4, -0.2) is 37.6 Å². The predicted octanol–water partition coefficient (Wildman–Crippen LogP) is 2.95. The summed E-state index contributed by atoms with van der Waals surface area (Å²) in [5.74, 6) is 1.79. The van der Waals surface area contributed by atoms with E-state index in [1.54, 1.807) is 7.11 Å². The van der Waals surface area contributed by atoms with E-state index in [0.717, 1.165) is 49.6 Å². The molecule has 0 aliphatic carbocycles. The van der Waals surface area contributed by atoms with E-state index >= 15 is 0 Å². The van der Waals surface area contributed by atoms with Crippen molar-refractivity contribution < 1.29 is 9.53 Å². The molecular formula is C19H30N2O2. The Morgan fingerprint density at radius 3 is 2.65 bits per heavy atom. The number of amides is 1. The third kappa shape index (κ3) is 4.47. The summed E-state index contributed by atoms with van der Waals surface area (Å²) in [6, 6.07) is 6.20. The van der Waals surface area contributed by atoms with Gasteiger partial charge in [0.05, 0.1) is 7.11 Å². The molecule has 0 bridgehead atoms. The first-order valence-electron chi connectivity index (χ1n) is 8.73. The lowest BCUT2D eigenvalue weighted by atomic mass is 9.91. The van der Waals surface area contributed by atoms with Crippen LogP contribution in [0.2, 0.25) is 0 Å². The molecule has 1 amide bonds. The molecular weight excluding hydrogens is 288 g/mol. The summed E-state index contributed by atoms with van der Waals surface area (Å²) in [7, 11) is 1.67. The van der Waals surface area contributed by atoms with E-state index in [9.17, 15) is 4.79 Å². The number of hydrogen-bond donors (Lipinski definition) is 1. The molecule has 4 nitrogen and oxygen atoms in total. The van der Waals surface area contributed by atoms with Crippen LogP contribution in [0, 0.1) is 5.92 Å². The van der Waals surface area contributed by atoms with Gasteiger partial charge in [-0.15, -0.1) is 0 Å². The fourth-order valence-electron chi connectivity index (χ4n) is 3.24. The second-order valence-electron chi connectivity index (χ2n) is 6.63. The van der Waals surface area contributed by atoms with E-state index in [1.807, 2.05) is 11.0 Å². The molecule has 1 saturated heterocycles.